The number of nitrogens with zero attached hydrogens (tertiary/aromatic N) is 2. The van der Waals surface area contributed by atoms with Crippen LogP contribution in [0.2, 0.25) is 0 Å². The highest BCUT2D eigenvalue weighted by molar-refractivity contribution is 8.14. The van der Waals surface area contributed by atoms with E-state index in [1.54, 1.807) is 11.8 Å². The Morgan fingerprint density at radius 3 is 3.09 bits per heavy atom. The molecule has 3 aliphatic heterocycles. The molecule has 4 rings (SSSR count). The number of hydrogen-bond acceptors (Lipinski definition) is 6. The van der Waals surface area contributed by atoms with Crippen LogP contribution in [0.25, 0.3) is 0 Å². The molecular weight excluding hydrogens is 302 g/mol. The summed E-state index contributed by atoms with van der Waals surface area (Å²) in [5.74, 6) is 2.36. The maximum Gasteiger partial charge on any atom is 0.231 e. The van der Waals surface area contributed by atoms with E-state index in [2.05, 4.69) is 15.5 Å². The molecule has 1 aromatic rings. The van der Waals surface area contributed by atoms with Crippen LogP contribution in [-0.2, 0) is 4.74 Å². The Bertz CT molecular complexity index is 626. The molecule has 1 saturated heterocycles. The molecule has 1 fully saturated rings. The lowest BCUT2D eigenvalue weighted by Gasteiger charge is -2.15. The van der Waals surface area contributed by atoms with E-state index in [1.807, 2.05) is 18.2 Å². The van der Waals surface area contributed by atoms with Crippen molar-refractivity contribution in [1.29, 1.82) is 0 Å². The van der Waals surface area contributed by atoms with Gasteiger partial charge in [-0.15, -0.1) is 0 Å². The number of fused-ring (bicyclic) bond motifs is 1. The van der Waals surface area contributed by atoms with Crippen molar-refractivity contribution in [2.75, 3.05) is 25.7 Å². The number of hydrogen-bond donors (Lipinski definition) is 1. The molecule has 22 heavy (non-hydrogen) atoms. The molecule has 0 bridgehead atoms. The quantitative estimate of drug-likeness (QED) is 0.923. The van der Waals surface area contributed by atoms with Crippen molar-refractivity contribution in [3.63, 3.8) is 0 Å². The fourth-order valence-electron chi connectivity index (χ4n) is 2.59. The maximum atomic E-state index is 5.57. The first-order valence-electron chi connectivity index (χ1n) is 7.40. The molecule has 0 radical (unpaired) electrons. The largest absolute Gasteiger partial charge is 0.454 e. The molecule has 0 aliphatic carbocycles. The third-order valence-corrected chi connectivity index (χ3v) is 4.71. The molecule has 3 aliphatic rings. The van der Waals surface area contributed by atoms with Gasteiger partial charge in [-0.1, -0.05) is 11.8 Å². The van der Waals surface area contributed by atoms with E-state index in [0.29, 0.717) is 6.54 Å². The molecule has 7 heteroatoms. The minimum atomic E-state index is 0.272. The summed E-state index contributed by atoms with van der Waals surface area (Å²) in [5.41, 5.74) is 5.06. The van der Waals surface area contributed by atoms with Crippen LogP contribution in [0.5, 0.6) is 11.5 Å². The van der Waals surface area contributed by atoms with Crippen LogP contribution in [0.4, 0.5) is 0 Å². The van der Waals surface area contributed by atoms with Gasteiger partial charge in [-0.2, -0.15) is 5.10 Å². The number of aliphatic imine (C=N–C) groups is 1. The highest BCUT2D eigenvalue weighted by atomic mass is 32.2. The van der Waals surface area contributed by atoms with Gasteiger partial charge in [-0.25, -0.2) is 0 Å². The third kappa shape index (κ3) is 2.91. The van der Waals surface area contributed by atoms with Crippen molar-refractivity contribution in [2.45, 2.75) is 18.9 Å². The summed E-state index contributed by atoms with van der Waals surface area (Å²) in [4.78, 5) is 4.54. The lowest BCUT2D eigenvalue weighted by molar-refractivity contribution is 0.118. The van der Waals surface area contributed by atoms with E-state index < -0.39 is 0 Å². The number of amidine groups is 1. The lowest BCUT2D eigenvalue weighted by Crippen LogP contribution is -2.26. The zero-order chi connectivity index (χ0) is 14.8. The lowest BCUT2D eigenvalue weighted by atomic mass is 10.1. The maximum absolute atomic E-state index is 5.57. The molecule has 0 unspecified atom stereocenters. The van der Waals surface area contributed by atoms with Crippen molar-refractivity contribution >= 4 is 22.6 Å². The van der Waals surface area contributed by atoms with Gasteiger partial charge in [-0.05, 0) is 31.0 Å². The van der Waals surface area contributed by atoms with E-state index >= 15 is 0 Å². The summed E-state index contributed by atoms with van der Waals surface area (Å²) in [7, 11) is 0. The third-order valence-electron chi connectivity index (χ3n) is 3.80. The van der Waals surface area contributed by atoms with Gasteiger partial charge >= 0.3 is 0 Å². The molecule has 116 valence electrons. The Morgan fingerprint density at radius 2 is 2.27 bits per heavy atom. The van der Waals surface area contributed by atoms with Gasteiger partial charge in [0.2, 0.25) is 6.79 Å². The predicted molar refractivity (Wildman–Crippen MR) is 86.0 cm³/mol. The van der Waals surface area contributed by atoms with Gasteiger partial charge in [0.05, 0.1) is 18.4 Å². The van der Waals surface area contributed by atoms with Crippen LogP contribution in [0.3, 0.4) is 0 Å². The van der Waals surface area contributed by atoms with Crippen molar-refractivity contribution < 1.29 is 14.2 Å². The van der Waals surface area contributed by atoms with Gasteiger partial charge in [0.1, 0.15) is 0 Å². The second kappa shape index (κ2) is 6.18. The second-order valence-corrected chi connectivity index (χ2v) is 6.27. The molecule has 0 aromatic heterocycles. The fourth-order valence-corrected chi connectivity index (χ4v) is 3.38. The number of rotatable bonds is 3. The predicted octanol–water partition coefficient (Wildman–Crippen LogP) is 1.99. The standard InChI is InChI=1S/C15H17N3O3S/c1-2-11(19-5-1)7-16-15-18-17-12(8-22-15)10-3-4-13-14(6-10)21-9-20-13/h3-4,6,11H,1-2,5,7-9H2,(H,16,18)/t11-/m0/s1. The Morgan fingerprint density at radius 1 is 1.32 bits per heavy atom. The van der Waals surface area contributed by atoms with Crippen LogP contribution in [0.15, 0.2) is 28.3 Å². The first-order valence-corrected chi connectivity index (χ1v) is 8.38. The smallest absolute Gasteiger partial charge is 0.231 e. The SMILES string of the molecule is c1cc2c(cc1C1=NNC(=NC[C@@H]3CCCO3)SC1)OCO2. The average molecular weight is 319 g/mol. The molecule has 3 heterocycles. The summed E-state index contributed by atoms with van der Waals surface area (Å²) < 4.78 is 16.3. The number of hydrazone groups is 1. The average Bonchev–Trinajstić information content (AvgIpc) is 3.24. The Kier molecular flexibility index (Phi) is 3.90. The molecule has 0 saturated carbocycles. The van der Waals surface area contributed by atoms with Crippen LogP contribution in [-0.4, -0.2) is 42.7 Å². The Hall–Kier alpha value is -1.73. The molecular formula is C15H17N3O3S. The molecule has 1 N–H and O–H groups in total. The van der Waals surface area contributed by atoms with E-state index in [-0.39, 0.29) is 12.9 Å². The highest BCUT2D eigenvalue weighted by Crippen LogP contribution is 2.33. The van der Waals surface area contributed by atoms with Crippen LogP contribution in [0.1, 0.15) is 18.4 Å². The van der Waals surface area contributed by atoms with E-state index in [4.69, 9.17) is 14.2 Å². The Labute approximate surface area is 132 Å². The van der Waals surface area contributed by atoms with Crippen molar-refractivity contribution in [1.82, 2.24) is 5.43 Å². The number of nitrogens with one attached hydrogen (secondary N) is 1. The minimum absolute atomic E-state index is 0.272. The van der Waals surface area contributed by atoms with Gasteiger partial charge in [-0.3, -0.25) is 10.4 Å². The first-order chi connectivity index (χ1) is 10.9. The summed E-state index contributed by atoms with van der Waals surface area (Å²) >= 11 is 1.66. The number of benzene rings is 1. The van der Waals surface area contributed by atoms with Gasteiger partial charge in [0.15, 0.2) is 16.7 Å². The zero-order valence-electron chi connectivity index (χ0n) is 12.1. The minimum Gasteiger partial charge on any atom is -0.454 e. The van der Waals surface area contributed by atoms with Gasteiger partial charge in [0.25, 0.3) is 0 Å². The van der Waals surface area contributed by atoms with Crippen LogP contribution < -0.4 is 14.9 Å². The first kappa shape index (κ1) is 13.9. The van der Waals surface area contributed by atoms with E-state index in [1.165, 1.54) is 0 Å². The summed E-state index contributed by atoms with van der Waals surface area (Å²) in [6.45, 7) is 1.87. The summed E-state index contributed by atoms with van der Waals surface area (Å²) in [6.07, 6.45) is 2.52. The van der Waals surface area contributed by atoms with Crippen molar-refractivity contribution in [3.05, 3.63) is 23.8 Å². The topological polar surface area (TPSA) is 64.4 Å². The van der Waals surface area contributed by atoms with E-state index in [9.17, 15) is 0 Å². The molecule has 0 amide bonds. The molecule has 1 aromatic carbocycles. The van der Waals surface area contributed by atoms with E-state index in [0.717, 1.165) is 53.1 Å². The van der Waals surface area contributed by atoms with Crippen LogP contribution >= 0.6 is 11.8 Å². The normalized spacial score (nSPS) is 25.2. The molecule has 0 spiro atoms. The Balaban J connectivity index is 1.41. The molecule has 1 atom stereocenters. The van der Waals surface area contributed by atoms with Crippen LogP contribution in [0, 0.1) is 0 Å². The fraction of sp³-hybridized carbons (Fsp3) is 0.467. The highest BCUT2D eigenvalue weighted by Gasteiger charge is 2.19. The summed E-state index contributed by atoms with van der Waals surface area (Å²) in [6, 6.07) is 5.90. The second-order valence-electron chi connectivity index (χ2n) is 5.31. The van der Waals surface area contributed by atoms with Crippen molar-refractivity contribution in [2.24, 2.45) is 10.1 Å². The summed E-state index contributed by atoms with van der Waals surface area (Å²) in [5, 5.41) is 5.29. The number of ether oxygens (including phenoxy) is 3. The zero-order valence-corrected chi connectivity index (χ0v) is 12.9. The van der Waals surface area contributed by atoms with Crippen molar-refractivity contribution in [3.8, 4) is 11.5 Å². The van der Waals surface area contributed by atoms with Gasteiger partial charge in [0, 0.05) is 17.9 Å². The monoisotopic (exact) mass is 319 g/mol. The molecule has 6 nitrogen and oxygen atoms in total. The number of thioether (sulfide) groups is 1. The van der Waals surface area contributed by atoms with Gasteiger partial charge < -0.3 is 14.2 Å².